The van der Waals surface area contributed by atoms with Gasteiger partial charge in [0.05, 0.1) is 0 Å². The maximum atomic E-state index is 5.49. The summed E-state index contributed by atoms with van der Waals surface area (Å²) < 4.78 is 5.49. The molecule has 0 bridgehead atoms. The molecule has 3 nitrogen and oxygen atoms in total. The fourth-order valence-electron chi connectivity index (χ4n) is 5.78. The van der Waals surface area contributed by atoms with Crippen LogP contribution in [0.5, 0.6) is 0 Å². The molecule has 1 N–H and O–H groups in total. The number of hydrogen-bond donors (Lipinski definition) is 1. The summed E-state index contributed by atoms with van der Waals surface area (Å²) in [6.45, 7) is 19.9. The Morgan fingerprint density at radius 2 is 1.80 bits per heavy atom. The van der Waals surface area contributed by atoms with Crippen LogP contribution in [-0.4, -0.2) is 51.2 Å². The Labute approximate surface area is 273 Å². The van der Waals surface area contributed by atoms with Crippen LogP contribution in [0.1, 0.15) is 56.6 Å². The molecule has 0 radical (unpaired) electrons. The van der Waals surface area contributed by atoms with E-state index in [4.69, 9.17) is 4.74 Å². The summed E-state index contributed by atoms with van der Waals surface area (Å²) in [5.41, 5.74) is 9.05. The molecule has 0 spiro atoms. The van der Waals surface area contributed by atoms with Crippen LogP contribution >= 0.6 is 0 Å². The monoisotopic (exact) mass is 598 g/mol. The van der Waals surface area contributed by atoms with Gasteiger partial charge in [-0.3, -0.25) is 0 Å². The number of terminal acetylenes is 1. The first-order valence-electron chi connectivity index (χ1n) is 16.2. The van der Waals surface area contributed by atoms with Gasteiger partial charge in [0.2, 0.25) is 0 Å². The third kappa shape index (κ3) is 11.3. The van der Waals surface area contributed by atoms with E-state index < -0.39 is 0 Å². The average Bonchev–Trinajstić information content (AvgIpc) is 3.06. The number of ether oxygens (including phenoxy) is 1. The molecule has 2 heterocycles. The van der Waals surface area contributed by atoms with E-state index in [-0.39, 0.29) is 5.92 Å². The van der Waals surface area contributed by atoms with Gasteiger partial charge in [-0.1, -0.05) is 0 Å². The van der Waals surface area contributed by atoms with E-state index in [9.17, 15) is 0 Å². The first-order chi connectivity index (χ1) is 22.0. The third-order valence-corrected chi connectivity index (χ3v) is 8.12. The zero-order chi connectivity index (χ0) is 32.4. The number of aryl methyl sites for hydroxylation is 1. The van der Waals surface area contributed by atoms with Crippen LogP contribution in [0.2, 0.25) is 0 Å². The van der Waals surface area contributed by atoms with Gasteiger partial charge in [-0.25, -0.2) is 0 Å². The Hall–Kier alpha value is -3.75. The molecule has 0 aliphatic carbocycles. The van der Waals surface area contributed by atoms with E-state index in [2.05, 4.69) is 162 Å². The molecular formula is C41H51BN2O. The molecule has 1 aliphatic rings. The quantitative estimate of drug-likeness (QED) is 0.121. The van der Waals surface area contributed by atoms with Gasteiger partial charge in [0.15, 0.2) is 0 Å². The molecule has 0 amide bonds. The van der Waals surface area contributed by atoms with Crippen molar-refractivity contribution in [2.75, 3.05) is 39.4 Å². The Balaban J connectivity index is 0.00000271. The van der Waals surface area contributed by atoms with Gasteiger partial charge < -0.3 is 0 Å². The second-order valence-electron chi connectivity index (χ2n) is 11.7. The fourth-order valence-corrected chi connectivity index (χ4v) is 5.78. The van der Waals surface area contributed by atoms with Crippen LogP contribution in [0.25, 0.3) is 21.8 Å². The van der Waals surface area contributed by atoms with Gasteiger partial charge >= 0.3 is 261 Å². The van der Waals surface area contributed by atoms with Gasteiger partial charge in [0.25, 0.3) is 0 Å². The fraction of sp³-hybridized carbons (Fsp3) is 0.341. The van der Waals surface area contributed by atoms with Crippen molar-refractivity contribution in [3.8, 4) is 24.0 Å². The van der Waals surface area contributed by atoms with Crippen LogP contribution in [0, 0.1) is 19.8 Å². The summed E-state index contributed by atoms with van der Waals surface area (Å²) in [6.07, 6.45) is 26.6. The number of fused-ring (bicyclic) bond motifs is 1. The third-order valence-electron chi connectivity index (χ3n) is 8.12. The minimum absolute atomic E-state index is 0.188. The summed E-state index contributed by atoms with van der Waals surface area (Å²) >= 11 is 0. The van der Waals surface area contributed by atoms with Crippen molar-refractivity contribution < 1.29 is 4.74 Å². The predicted molar refractivity (Wildman–Crippen MR) is 198 cm³/mol. The van der Waals surface area contributed by atoms with Gasteiger partial charge in [0.1, 0.15) is 0 Å². The van der Waals surface area contributed by atoms with Crippen molar-refractivity contribution in [2.24, 2.45) is 0 Å². The van der Waals surface area contributed by atoms with Gasteiger partial charge in [0, 0.05) is 0 Å². The molecule has 1 atom stereocenters. The number of nitrogens with zero attached hydrogens (tertiary/aromatic N) is 1. The van der Waals surface area contributed by atoms with Crippen molar-refractivity contribution in [3.63, 3.8) is 0 Å². The van der Waals surface area contributed by atoms with Gasteiger partial charge in [-0.2, -0.15) is 0 Å². The summed E-state index contributed by atoms with van der Waals surface area (Å²) in [5, 5.41) is 6.30. The van der Waals surface area contributed by atoms with E-state index in [0.29, 0.717) is 0 Å². The number of morpholine rings is 1. The van der Waals surface area contributed by atoms with Crippen molar-refractivity contribution >= 4 is 17.6 Å². The molecule has 45 heavy (non-hydrogen) atoms. The van der Waals surface area contributed by atoms with E-state index in [1.54, 1.807) is 0 Å². The summed E-state index contributed by atoms with van der Waals surface area (Å²) in [6, 6.07) is 18.3. The Morgan fingerprint density at radius 3 is 2.53 bits per heavy atom. The SMILES string of the molecule is C#C.C/C=C\C=C(/C)C(/C=C/C=C(C)\C=C/C)c1ccc2bc(CNCCCN3CCOCC3)cc(-c3cccc(C)c3)c2c1. The van der Waals surface area contributed by atoms with Crippen LogP contribution in [-0.2, 0) is 11.3 Å². The van der Waals surface area contributed by atoms with Crippen molar-refractivity contribution in [1.29, 1.82) is 0 Å². The number of allylic oxidation sites excluding steroid dienone is 10. The molecule has 1 aliphatic heterocycles. The minimum atomic E-state index is 0.188. The second kappa shape index (κ2) is 19.6. The van der Waals surface area contributed by atoms with Crippen LogP contribution in [0.3, 0.4) is 0 Å². The van der Waals surface area contributed by atoms with Crippen LogP contribution < -0.4 is 5.32 Å². The van der Waals surface area contributed by atoms with Crippen molar-refractivity contribution in [2.45, 2.75) is 53.5 Å². The number of nitrogens with one attached hydrogen (secondary N) is 1. The second-order valence-corrected chi connectivity index (χ2v) is 11.7. The van der Waals surface area contributed by atoms with Crippen molar-refractivity contribution in [1.82, 2.24) is 10.2 Å². The Morgan fingerprint density at radius 1 is 1.00 bits per heavy atom. The zero-order valence-corrected chi connectivity index (χ0v) is 28.1. The predicted octanol–water partition coefficient (Wildman–Crippen LogP) is 8.90. The topological polar surface area (TPSA) is 24.5 Å². The van der Waals surface area contributed by atoms with E-state index in [1.807, 2.05) is 0 Å². The van der Waals surface area contributed by atoms with E-state index in [0.717, 1.165) is 52.4 Å². The normalized spacial score (nSPS) is 15.5. The molecule has 1 aromatic heterocycles. The molecular weight excluding hydrogens is 547 g/mol. The molecule has 4 rings (SSSR count). The Bertz CT molecular complexity index is 1540. The molecule has 1 fully saturated rings. The zero-order valence-electron chi connectivity index (χ0n) is 28.1. The van der Waals surface area contributed by atoms with Crippen LogP contribution in [0.15, 0.2) is 108 Å². The average molecular weight is 599 g/mol. The number of rotatable bonds is 13. The summed E-state index contributed by atoms with van der Waals surface area (Å²) in [5.74, 6) is 0.188. The summed E-state index contributed by atoms with van der Waals surface area (Å²) in [4.78, 5) is 2.51. The molecule has 3 aromatic rings. The molecule has 0 saturated carbocycles. The molecule has 1 unspecified atom stereocenters. The van der Waals surface area contributed by atoms with E-state index >= 15 is 0 Å². The molecule has 1 saturated heterocycles. The first-order valence-corrected chi connectivity index (χ1v) is 16.2. The van der Waals surface area contributed by atoms with E-state index in [1.165, 1.54) is 49.5 Å². The van der Waals surface area contributed by atoms with Gasteiger partial charge in [-0.05, 0) is 0 Å². The molecule has 2 aromatic carbocycles. The van der Waals surface area contributed by atoms with Crippen molar-refractivity contribution in [3.05, 3.63) is 125 Å². The Kier molecular flexibility index (Phi) is 15.6. The standard InChI is InChI=1S/C39H49BN2O.C2H2/c1-6-8-15-32(5)36(17-10-13-30(3)12-7-2)34-18-19-39-38(27-34)37(33-16-9-14-31(4)26-33)28-35(40-39)29-41-20-11-21-42-22-24-43-25-23-42;1-2/h6-10,12-19,26-28,36,41H,11,20-25,29H2,1-5H3;1-2H/b8-6-,12-7-,17-10+,30-13-,32-15+;. The first kappa shape index (κ1) is 35.7. The maximum absolute atomic E-state index is 5.49. The molecule has 234 valence electrons. The van der Waals surface area contributed by atoms with Crippen LogP contribution in [0.4, 0.5) is 0 Å². The summed E-state index contributed by atoms with van der Waals surface area (Å²) in [7, 11) is 0. The molecule has 4 heteroatoms. The van der Waals surface area contributed by atoms with Gasteiger partial charge in [-0.15, -0.1) is 12.8 Å². The number of hydrogen-bond acceptors (Lipinski definition) is 3. The number of benzene rings is 2.